The smallest absolute Gasteiger partial charge is 0.256 e. The molecule has 1 aliphatic rings. The van der Waals surface area contributed by atoms with E-state index >= 15 is 0 Å². The van der Waals surface area contributed by atoms with Crippen LogP contribution in [0.3, 0.4) is 0 Å². The first kappa shape index (κ1) is 18.7. The van der Waals surface area contributed by atoms with E-state index in [1.54, 1.807) is 18.2 Å². The molecule has 4 nitrogen and oxygen atoms in total. The second kappa shape index (κ2) is 8.17. The highest BCUT2D eigenvalue weighted by molar-refractivity contribution is 7.99. The number of carbonyl (C=O) groups excluding carboxylic acids is 2. The molecule has 0 bridgehead atoms. The molecule has 2 N–H and O–H groups in total. The van der Waals surface area contributed by atoms with Gasteiger partial charge in [-0.05, 0) is 47.6 Å². The summed E-state index contributed by atoms with van der Waals surface area (Å²) < 4.78 is 0. The number of fused-ring (bicyclic) bond motifs is 2. The van der Waals surface area contributed by atoms with E-state index in [9.17, 15) is 9.59 Å². The Balaban J connectivity index is 1.46. The van der Waals surface area contributed by atoms with Crippen molar-refractivity contribution < 1.29 is 9.59 Å². The Kier molecular flexibility index (Phi) is 5.47. The van der Waals surface area contributed by atoms with E-state index in [0.717, 1.165) is 21.5 Å². The first-order valence-electron chi connectivity index (χ1n) is 8.95. The Bertz CT molecular complexity index is 1070. The lowest BCUT2D eigenvalue weighted by atomic mass is 10.1. The first-order valence-corrected chi connectivity index (χ1v) is 10.3. The molecule has 1 atom stereocenters. The molecule has 2 amide bonds. The minimum absolute atomic E-state index is 0.147. The number of nitrogens with one attached hydrogen (secondary N) is 2. The molecule has 0 saturated heterocycles. The maximum Gasteiger partial charge on any atom is 0.256 e. The molecule has 140 valence electrons. The molecule has 3 aromatic carbocycles. The van der Waals surface area contributed by atoms with Crippen LogP contribution in [0.4, 0.5) is 5.69 Å². The van der Waals surface area contributed by atoms with E-state index in [4.69, 9.17) is 0 Å². The normalized spacial score (nSPS) is 12.4. The van der Waals surface area contributed by atoms with E-state index in [-0.39, 0.29) is 11.8 Å². The lowest BCUT2D eigenvalue weighted by molar-refractivity contribution is 0.0952. The highest BCUT2D eigenvalue weighted by Crippen LogP contribution is 2.38. The largest absolute Gasteiger partial charge is 0.352 e. The number of rotatable bonds is 4. The topological polar surface area (TPSA) is 58.2 Å². The molecule has 0 fully saturated rings. The number of hydrogen-bond acceptors (Lipinski definition) is 3. The van der Waals surface area contributed by atoms with Crippen molar-refractivity contribution >= 4 is 43.8 Å². The predicted molar refractivity (Wildman–Crippen MR) is 117 cm³/mol. The molecule has 0 radical (unpaired) electrons. The SMILES string of the molecule is O=C(NCCc1cccc(P)c1)c1ccc2c(c1)NC(=O)c1ccccc1S2. The summed E-state index contributed by atoms with van der Waals surface area (Å²) in [5, 5.41) is 7.00. The van der Waals surface area contributed by atoms with Crippen LogP contribution >= 0.6 is 21.0 Å². The van der Waals surface area contributed by atoms with Crippen LogP contribution in [0.1, 0.15) is 26.3 Å². The molecule has 1 unspecified atom stereocenters. The molecule has 1 aliphatic heterocycles. The van der Waals surface area contributed by atoms with Gasteiger partial charge in [-0.3, -0.25) is 9.59 Å². The maximum atomic E-state index is 12.5. The second-order valence-corrected chi connectivity index (χ2v) is 8.26. The van der Waals surface area contributed by atoms with Crippen molar-refractivity contribution in [2.24, 2.45) is 0 Å². The van der Waals surface area contributed by atoms with Crippen molar-refractivity contribution in [3.05, 3.63) is 83.4 Å². The van der Waals surface area contributed by atoms with Gasteiger partial charge in [0.25, 0.3) is 11.8 Å². The summed E-state index contributed by atoms with van der Waals surface area (Å²) in [4.78, 5) is 26.9. The van der Waals surface area contributed by atoms with Gasteiger partial charge in [-0.2, -0.15) is 0 Å². The minimum atomic E-state index is -0.156. The Morgan fingerprint density at radius 3 is 2.71 bits per heavy atom. The fourth-order valence-corrected chi connectivity index (χ4v) is 4.42. The quantitative estimate of drug-likeness (QED) is 0.647. The maximum absolute atomic E-state index is 12.5. The Labute approximate surface area is 170 Å². The van der Waals surface area contributed by atoms with Gasteiger partial charge in [0, 0.05) is 21.9 Å². The summed E-state index contributed by atoms with van der Waals surface area (Å²) in [5.41, 5.74) is 3.02. The average Bonchev–Trinajstić information content (AvgIpc) is 2.83. The van der Waals surface area contributed by atoms with Gasteiger partial charge in [-0.1, -0.05) is 48.2 Å². The van der Waals surface area contributed by atoms with Crippen molar-refractivity contribution in [2.45, 2.75) is 16.2 Å². The monoisotopic (exact) mass is 406 g/mol. The predicted octanol–water partition coefficient (Wildman–Crippen LogP) is 3.88. The van der Waals surface area contributed by atoms with Gasteiger partial charge >= 0.3 is 0 Å². The zero-order valence-electron chi connectivity index (χ0n) is 15.1. The minimum Gasteiger partial charge on any atom is -0.352 e. The van der Waals surface area contributed by atoms with Crippen LogP contribution in [0.15, 0.2) is 76.5 Å². The molecule has 6 heteroatoms. The highest BCUT2D eigenvalue weighted by Gasteiger charge is 2.20. The standard InChI is InChI=1S/C22H19N2O2PS/c25-21(23-11-10-14-4-3-5-16(27)12-14)15-8-9-20-18(13-15)24-22(26)17-6-1-2-7-19(17)28-20/h1-9,12-13H,10-11,27H2,(H,23,25)(H,24,26). The molecule has 28 heavy (non-hydrogen) atoms. The lowest BCUT2D eigenvalue weighted by Gasteiger charge is -2.10. The van der Waals surface area contributed by atoms with Gasteiger partial charge in [-0.15, -0.1) is 9.24 Å². The van der Waals surface area contributed by atoms with Gasteiger partial charge in [0.15, 0.2) is 0 Å². The Hall–Kier alpha value is -2.62. The molecular formula is C22H19N2O2PS. The first-order chi connectivity index (χ1) is 13.6. The van der Waals surface area contributed by atoms with Crippen LogP contribution in [0.5, 0.6) is 0 Å². The fraction of sp³-hybridized carbons (Fsp3) is 0.0909. The Morgan fingerprint density at radius 2 is 1.86 bits per heavy atom. The zero-order valence-corrected chi connectivity index (χ0v) is 17.0. The molecule has 0 aromatic heterocycles. The van der Waals surface area contributed by atoms with E-state index in [1.165, 1.54) is 17.3 Å². The summed E-state index contributed by atoms with van der Waals surface area (Å²) in [6.45, 7) is 0.552. The third kappa shape index (κ3) is 4.11. The Morgan fingerprint density at radius 1 is 1.00 bits per heavy atom. The number of anilines is 1. The van der Waals surface area contributed by atoms with E-state index in [1.807, 2.05) is 42.5 Å². The van der Waals surface area contributed by atoms with E-state index in [2.05, 4.69) is 25.9 Å². The van der Waals surface area contributed by atoms with Crippen LogP contribution in [-0.4, -0.2) is 18.4 Å². The number of hydrogen-bond donors (Lipinski definition) is 2. The van der Waals surface area contributed by atoms with Crippen LogP contribution in [0, 0.1) is 0 Å². The van der Waals surface area contributed by atoms with E-state index < -0.39 is 0 Å². The van der Waals surface area contributed by atoms with Gasteiger partial charge in [0.1, 0.15) is 0 Å². The zero-order chi connectivity index (χ0) is 19.5. The summed E-state index contributed by atoms with van der Waals surface area (Å²) in [6, 6.07) is 21.1. The number of benzene rings is 3. The summed E-state index contributed by atoms with van der Waals surface area (Å²) in [7, 11) is 2.68. The van der Waals surface area contributed by atoms with Crippen LogP contribution < -0.4 is 15.9 Å². The summed E-state index contributed by atoms with van der Waals surface area (Å²) >= 11 is 1.53. The number of carbonyl (C=O) groups is 2. The molecule has 0 saturated carbocycles. The molecule has 0 aliphatic carbocycles. The van der Waals surface area contributed by atoms with Gasteiger partial charge in [0.05, 0.1) is 11.3 Å². The average molecular weight is 406 g/mol. The molecule has 0 spiro atoms. The van der Waals surface area contributed by atoms with Crippen LogP contribution in [0.25, 0.3) is 0 Å². The number of amides is 2. The third-order valence-electron chi connectivity index (χ3n) is 4.49. The second-order valence-electron chi connectivity index (χ2n) is 6.51. The van der Waals surface area contributed by atoms with Gasteiger partial charge < -0.3 is 10.6 Å². The van der Waals surface area contributed by atoms with Crippen molar-refractivity contribution in [1.29, 1.82) is 0 Å². The molecule has 3 aromatic rings. The van der Waals surface area contributed by atoms with E-state index in [0.29, 0.717) is 23.4 Å². The van der Waals surface area contributed by atoms with Crippen LogP contribution in [0.2, 0.25) is 0 Å². The molecular weight excluding hydrogens is 387 g/mol. The van der Waals surface area contributed by atoms with Crippen LogP contribution in [-0.2, 0) is 6.42 Å². The van der Waals surface area contributed by atoms with Gasteiger partial charge in [0.2, 0.25) is 0 Å². The lowest BCUT2D eigenvalue weighted by Crippen LogP contribution is -2.26. The third-order valence-corrected chi connectivity index (χ3v) is 6.00. The van der Waals surface area contributed by atoms with Crippen molar-refractivity contribution in [3.8, 4) is 0 Å². The van der Waals surface area contributed by atoms with Crippen molar-refractivity contribution in [3.63, 3.8) is 0 Å². The summed E-state index contributed by atoms with van der Waals surface area (Å²) in [5.74, 6) is -0.303. The van der Waals surface area contributed by atoms with Gasteiger partial charge in [-0.25, -0.2) is 0 Å². The fourth-order valence-electron chi connectivity index (χ4n) is 3.08. The highest BCUT2D eigenvalue weighted by atomic mass is 32.2. The summed E-state index contributed by atoms with van der Waals surface area (Å²) in [6.07, 6.45) is 0.765. The van der Waals surface area contributed by atoms with Crippen molar-refractivity contribution in [2.75, 3.05) is 11.9 Å². The molecule has 4 rings (SSSR count). The van der Waals surface area contributed by atoms with Crippen molar-refractivity contribution in [1.82, 2.24) is 5.32 Å². The molecule has 1 heterocycles.